The molecule has 2 unspecified atom stereocenters. The van der Waals surface area contributed by atoms with Crippen molar-refractivity contribution in [3.05, 3.63) is 185 Å². The summed E-state index contributed by atoms with van der Waals surface area (Å²) in [6, 6.07) is 39.2. The van der Waals surface area contributed by atoms with Crippen LogP contribution < -0.4 is 4.90 Å². The van der Waals surface area contributed by atoms with Crippen molar-refractivity contribution in [3.8, 4) is 0 Å². The van der Waals surface area contributed by atoms with Crippen molar-refractivity contribution in [1.82, 2.24) is 4.57 Å². The molecule has 0 saturated heterocycles. The van der Waals surface area contributed by atoms with E-state index in [1.54, 1.807) is 0 Å². The molecule has 2 heteroatoms. The molecule has 4 aliphatic rings. The van der Waals surface area contributed by atoms with Crippen LogP contribution in [0.25, 0.3) is 27.5 Å². The lowest BCUT2D eigenvalue weighted by molar-refractivity contribution is 0.447. The second-order valence-electron chi connectivity index (χ2n) is 14.1. The van der Waals surface area contributed by atoms with E-state index in [4.69, 9.17) is 0 Å². The lowest BCUT2D eigenvalue weighted by Gasteiger charge is -2.34. The first kappa shape index (κ1) is 28.0. The number of benzene rings is 4. The summed E-state index contributed by atoms with van der Waals surface area (Å²) in [4.78, 5) is 2.40. The standard InChI is InChI=1S/C45H38N2/c1-44(2)39-28-36(46(33-16-8-5-9-17-33)34-24-22-32(23-25-34)31-14-6-4-7-15-31)29-40(39)45(3)27-26-35(30-43(44)45)47-41-20-12-10-18-37(41)38-19-11-13-21-42(38)47/h4-22,24-26,28,30,32H,23,27H2,1-3H3. The topological polar surface area (TPSA) is 8.17 Å². The Morgan fingerprint density at radius 3 is 2.02 bits per heavy atom. The van der Waals surface area contributed by atoms with Crippen molar-refractivity contribution in [3.63, 3.8) is 0 Å². The first-order valence-corrected chi connectivity index (χ1v) is 16.9. The quantitative estimate of drug-likeness (QED) is 0.181. The highest BCUT2D eigenvalue weighted by Gasteiger charge is 2.54. The van der Waals surface area contributed by atoms with Gasteiger partial charge in [0.05, 0.1) is 16.7 Å². The number of anilines is 1. The Balaban J connectivity index is 1.14. The normalized spacial score (nSPS) is 22.6. The van der Waals surface area contributed by atoms with Crippen molar-refractivity contribution < 1.29 is 0 Å². The fraction of sp³-hybridized carbons (Fsp3) is 0.178. The van der Waals surface area contributed by atoms with E-state index in [1.807, 2.05) is 0 Å². The van der Waals surface area contributed by atoms with Crippen LogP contribution >= 0.6 is 0 Å². The molecule has 228 valence electrons. The molecule has 2 atom stereocenters. The Labute approximate surface area is 277 Å². The van der Waals surface area contributed by atoms with Gasteiger partial charge < -0.3 is 9.47 Å². The van der Waals surface area contributed by atoms with Crippen LogP contribution in [-0.4, -0.2) is 4.57 Å². The Bertz CT molecular complexity index is 2260. The van der Waals surface area contributed by atoms with Crippen molar-refractivity contribution in [2.75, 3.05) is 4.90 Å². The van der Waals surface area contributed by atoms with E-state index >= 15 is 0 Å². The molecule has 0 aliphatic heterocycles. The van der Waals surface area contributed by atoms with Crippen LogP contribution in [0, 0.1) is 10.8 Å². The molecular formula is C45H38N2. The van der Waals surface area contributed by atoms with Gasteiger partial charge >= 0.3 is 0 Å². The third-order valence-corrected chi connectivity index (χ3v) is 11.0. The number of para-hydroxylation sites is 3. The van der Waals surface area contributed by atoms with Crippen LogP contribution in [0.2, 0.25) is 0 Å². The smallest absolute Gasteiger partial charge is 0.0896 e. The summed E-state index contributed by atoms with van der Waals surface area (Å²) in [6.07, 6.45) is 16.4. The zero-order valence-corrected chi connectivity index (χ0v) is 27.2. The molecule has 0 radical (unpaired) electrons. The molecule has 1 heterocycles. The molecule has 1 fully saturated rings. The number of hydrogen-bond acceptors (Lipinski definition) is 1. The fourth-order valence-corrected chi connectivity index (χ4v) is 8.61. The first-order chi connectivity index (χ1) is 22.9. The average Bonchev–Trinajstić information content (AvgIpc) is 3.75. The highest BCUT2D eigenvalue weighted by Crippen LogP contribution is 2.65. The number of hydrogen-bond donors (Lipinski definition) is 0. The predicted octanol–water partition coefficient (Wildman–Crippen LogP) is 11.5. The van der Waals surface area contributed by atoms with Crippen LogP contribution in [-0.2, 0) is 0 Å². The summed E-state index contributed by atoms with van der Waals surface area (Å²) in [5.41, 5.74) is 16.6. The molecule has 1 aromatic heterocycles. The van der Waals surface area contributed by atoms with Gasteiger partial charge in [0.2, 0.25) is 0 Å². The zero-order chi connectivity index (χ0) is 31.8. The molecule has 2 nitrogen and oxygen atoms in total. The van der Waals surface area contributed by atoms with Gasteiger partial charge in [-0.05, 0) is 72.0 Å². The van der Waals surface area contributed by atoms with Crippen molar-refractivity contribution in [1.29, 1.82) is 0 Å². The minimum absolute atomic E-state index is 0.114. The summed E-state index contributed by atoms with van der Waals surface area (Å²) < 4.78 is 2.47. The Morgan fingerprint density at radius 1 is 0.723 bits per heavy atom. The van der Waals surface area contributed by atoms with Gasteiger partial charge in [0.1, 0.15) is 0 Å². The van der Waals surface area contributed by atoms with E-state index in [2.05, 4.69) is 182 Å². The van der Waals surface area contributed by atoms with E-state index in [0.717, 1.165) is 24.2 Å². The van der Waals surface area contributed by atoms with Crippen molar-refractivity contribution in [2.24, 2.45) is 10.8 Å². The number of fused-ring (bicyclic) bond motifs is 6. The molecule has 0 bridgehead atoms. The van der Waals surface area contributed by atoms with E-state index in [9.17, 15) is 0 Å². The second kappa shape index (κ2) is 10.4. The van der Waals surface area contributed by atoms with E-state index in [0.29, 0.717) is 5.92 Å². The summed E-state index contributed by atoms with van der Waals surface area (Å²) in [5, 5.41) is 2.61. The first-order valence-electron chi connectivity index (χ1n) is 16.9. The SMILES string of the molecule is CC1(C)C2=CC(N(C3=CCC(c4ccccc4)C=C3)c3ccccc3)=C=C2C2(C)CC=C(n3c4ccccc4c4ccccc43)C=C12. The summed E-state index contributed by atoms with van der Waals surface area (Å²) in [6.45, 7) is 7.25. The maximum Gasteiger partial charge on any atom is 0.0896 e. The fourth-order valence-electron chi connectivity index (χ4n) is 8.61. The largest absolute Gasteiger partial charge is 0.310 e. The van der Waals surface area contributed by atoms with E-state index in [-0.39, 0.29) is 10.8 Å². The van der Waals surface area contributed by atoms with Gasteiger partial charge in [-0.25, -0.2) is 0 Å². The molecule has 0 N–H and O–H groups in total. The van der Waals surface area contributed by atoms with Crippen LogP contribution in [0.4, 0.5) is 5.69 Å². The van der Waals surface area contributed by atoms with E-state index < -0.39 is 0 Å². The molecule has 1 saturated carbocycles. The molecular weight excluding hydrogens is 569 g/mol. The molecule has 4 aromatic carbocycles. The molecule has 5 aromatic rings. The minimum Gasteiger partial charge on any atom is -0.310 e. The highest BCUT2D eigenvalue weighted by atomic mass is 15.2. The average molecular weight is 607 g/mol. The van der Waals surface area contributed by atoms with Crippen LogP contribution in [0.5, 0.6) is 0 Å². The lowest BCUT2D eigenvalue weighted by atomic mass is 9.71. The van der Waals surface area contributed by atoms with Gasteiger partial charge in [-0.3, -0.25) is 0 Å². The molecule has 4 aliphatic carbocycles. The lowest BCUT2D eigenvalue weighted by Crippen LogP contribution is -2.24. The second-order valence-corrected chi connectivity index (χ2v) is 14.1. The molecule has 0 amide bonds. The number of nitrogens with zero attached hydrogens (tertiary/aromatic N) is 2. The van der Waals surface area contributed by atoms with E-state index in [1.165, 1.54) is 55.5 Å². The van der Waals surface area contributed by atoms with Crippen LogP contribution in [0.15, 0.2) is 179 Å². The number of aromatic nitrogens is 1. The van der Waals surface area contributed by atoms with Crippen LogP contribution in [0.3, 0.4) is 0 Å². The van der Waals surface area contributed by atoms with Gasteiger partial charge in [-0.2, -0.15) is 0 Å². The Kier molecular flexibility index (Phi) is 6.16. The van der Waals surface area contributed by atoms with Gasteiger partial charge in [0, 0.05) is 50.2 Å². The van der Waals surface area contributed by atoms with Gasteiger partial charge in [0.25, 0.3) is 0 Å². The molecule has 0 spiro atoms. The maximum atomic E-state index is 4.01. The highest BCUT2D eigenvalue weighted by molar-refractivity contribution is 6.10. The van der Waals surface area contributed by atoms with Crippen molar-refractivity contribution >= 4 is 33.2 Å². The monoisotopic (exact) mass is 606 g/mol. The summed E-state index contributed by atoms with van der Waals surface area (Å²) in [5.74, 6) is 0.398. The summed E-state index contributed by atoms with van der Waals surface area (Å²) in [7, 11) is 0. The number of rotatable bonds is 5. The van der Waals surface area contributed by atoms with Crippen molar-refractivity contribution in [2.45, 2.75) is 39.5 Å². The Morgan fingerprint density at radius 2 is 1.36 bits per heavy atom. The zero-order valence-electron chi connectivity index (χ0n) is 27.2. The maximum absolute atomic E-state index is 4.01. The third-order valence-electron chi connectivity index (χ3n) is 11.0. The van der Waals surface area contributed by atoms with Gasteiger partial charge in [0.15, 0.2) is 0 Å². The number of allylic oxidation sites excluding steroid dienone is 9. The molecule has 9 rings (SSSR count). The Hall–Kier alpha value is -5.30. The minimum atomic E-state index is -0.130. The molecule has 47 heavy (non-hydrogen) atoms. The van der Waals surface area contributed by atoms with Gasteiger partial charge in [-0.1, -0.05) is 130 Å². The summed E-state index contributed by atoms with van der Waals surface area (Å²) >= 11 is 0. The van der Waals surface area contributed by atoms with Crippen LogP contribution in [0.1, 0.15) is 45.1 Å². The third kappa shape index (κ3) is 4.18. The van der Waals surface area contributed by atoms with Gasteiger partial charge in [-0.15, -0.1) is 0 Å². The predicted molar refractivity (Wildman–Crippen MR) is 197 cm³/mol.